The van der Waals surface area contributed by atoms with Crippen LogP contribution in [0, 0.1) is 0 Å². The SMILES string of the molecule is COCCC(=O)NCC(C)(O)CC(=O)O. The van der Waals surface area contributed by atoms with Crippen LogP contribution in [0.1, 0.15) is 19.8 Å². The fourth-order valence-corrected chi connectivity index (χ4v) is 0.960. The molecular weight excluding hydrogens is 202 g/mol. The van der Waals surface area contributed by atoms with Crippen molar-refractivity contribution in [2.75, 3.05) is 20.3 Å². The summed E-state index contributed by atoms with van der Waals surface area (Å²) in [4.78, 5) is 21.4. The lowest BCUT2D eigenvalue weighted by Crippen LogP contribution is -2.42. The molecule has 0 spiro atoms. The van der Waals surface area contributed by atoms with Gasteiger partial charge in [0.2, 0.25) is 5.91 Å². The van der Waals surface area contributed by atoms with Crippen molar-refractivity contribution in [3.8, 4) is 0 Å². The standard InChI is InChI=1S/C9H17NO5/c1-9(14,5-8(12)13)6-10-7(11)3-4-15-2/h14H,3-6H2,1-2H3,(H,10,11)(H,12,13). The van der Waals surface area contributed by atoms with Crippen molar-refractivity contribution >= 4 is 11.9 Å². The molecule has 0 rings (SSSR count). The molecule has 3 N–H and O–H groups in total. The average molecular weight is 219 g/mol. The number of rotatable bonds is 7. The number of carboxylic acid groups (broad SMARTS) is 1. The Morgan fingerprint density at radius 3 is 2.53 bits per heavy atom. The van der Waals surface area contributed by atoms with Gasteiger partial charge in [0.25, 0.3) is 0 Å². The van der Waals surface area contributed by atoms with Crippen LogP contribution < -0.4 is 5.32 Å². The van der Waals surface area contributed by atoms with Gasteiger partial charge in [0.05, 0.1) is 18.6 Å². The molecule has 0 aliphatic rings. The Hall–Kier alpha value is -1.14. The molecule has 0 aromatic rings. The molecule has 0 aromatic heterocycles. The molecule has 0 aliphatic carbocycles. The minimum absolute atomic E-state index is 0.0815. The summed E-state index contributed by atoms with van der Waals surface area (Å²) in [7, 11) is 1.48. The van der Waals surface area contributed by atoms with E-state index in [9.17, 15) is 14.7 Å². The van der Waals surface area contributed by atoms with Gasteiger partial charge in [-0.2, -0.15) is 0 Å². The highest BCUT2D eigenvalue weighted by atomic mass is 16.5. The third-order valence-corrected chi connectivity index (χ3v) is 1.73. The molecule has 1 unspecified atom stereocenters. The minimum Gasteiger partial charge on any atom is -0.481 e. The molecule has 1 atom stereocenters. The van der Waals surface area contributed by atoms with Gasteiger partial charge in [0.15, 0.2) is 0 Å². The van der Waals surface area contributed by atoms with Gasteiger partial charge in [-0.15, -0.1) is 0 Å². The third kappa shape index (κ3) is 7.90. The van der Waals surface area contributed by atoms with Crippen molar-refractivity contribution in [2.24, 2.45) is 0 Å². The zero-order valence-electron chi connectivity index (χ0n) is 8.95. The van der Waals surface area contributed by atoms with Crippen LogP contribution in [0.15, 0.2) is 0 Å². The van der Waals surface area contributed by atoms with Crippen LogP contribution in [-0.4, -0.2) is 48.0 Å². The average Bonchev–Trinajstić information content (AvgIpc) is 2.09. The Bertz CT molecular complexity index is 227. The quantitative estimate of drug-likeness (QED) is 0.529. The highest BCUT2D eigenvalue weighted by Gasteiger charge is 2.24. The minimum atomic E-state index is -1.42. The van der Waals surface area contributed by atoms with Crippen LogP contribution in [0.4, 0.5) is 0 Å². The third-order valence-electron chi connectivity index (χ3n) is 1.73. The van der Waals surface area contributed by atoms with Gasteiger partial charge in [-0.05, 0) is 6.92 Å². The van der Waals surface area contributed by atoms with Crippen molar-refractivity contribution in [3.05, 3.63) is 0 Å². The smallest absolute Gasteiger partial charge is 0.306 e. The van der Waals surface area contributed by atoms with Crippen LogP contribution in [0.25, 0.3) is 0 Å². The second-order valence-electron chi connectivity index (χ2n) is 3.59. The van der Waals surface area contributed by atoms with Gasteiger partial charge >= 0.3 is 5.97 Å². The molecule has 6 nitrogen and oxygen atoms in total. The molecule has 1 amide bonds. The predicted octanol–water partition coefficient (Wildman–Crippen LogP) is -0.635. The zero-order valence-corrected chi connectivity index (χ0v) is 8.95. The van der Waals surface area contributed by atoms with E-state index in [4.69, 9.17) is 9.84 Å². The molecule has 0 radical (unpaired) electrons. The normalized spacial score (nSPS) is 14.3. The molecule has 88 valence electrons. The predicted molar refractivity (Wildman–Crippen MR) is 52.4 cm³/mol. The van der Waals surface area contributed by atoms with Gasteiger partial charge in [-0.1, -0.05) is 0 Å². The summed E-state index contributed by atoms with van der Waals surface area (Å²) in [5.41, 5.74) is -1.42. The fraction of sp³-hybridized carbons (Fsp3) is 0.778. The van der Waals surface area contributed by atoms with Crippen LogP contribution in [-0.2, 0) is 14.3 Å². The maximum atomic E-state index is 11.1. The summed E-state index contributed by atoms with van der Waals surface area (Å²) < 4.78 is 4.69. The summed E-state index contributed by atoms with van der Waals surface area (Å²) in [6.07, 6.45) is -0.211. The van der Waals surface area contributed by atoms with E-state index < -0.39 is 18.0 Å². The van der Waals surface area contributed by atoms with E-state index in [-0.39, 0.29) is 18.9 Å². The molecule has 6 heteroatoms. The summed E-state index contributed by atoms with van der Waals surface area (Å²) in [6.45, 7) is 1.58. The van der Waals surface area contributed by atoms with E-state index in [2.05, 4.69) is 5.32 Å². The maximum absolute atomic E-state index is 11.1. The monoisotopic (exact) mass is 219 g/mol. The number of hydrogen-bond donors (Lipinski definition) is 3. The molecule has 0 aliphatic heterocycles. The van der Waals surface area contributed by atoms with E-state index in [1.54, 1.807) is 0 Å². The van der Waals surface area contributed by atoms with Crippen molar-refractivity contribution in [3.63, 3.8) is 0 Å². The second kappa shape index (κ2) is 6.36. The second-order valence-corrected chi connectivity index (χ2v) is 3.59. The van der Waals surface area contributed by atoms with E-state index in [1.807, 2.05) is 0 Å². The molecule has 0 saturated carbocycles. The number of aliphatic carboxylic acids is 1. The topological polar surface area (TPSA) is 95.9 Å². The lowest BCUT2D eigenvalue weighted by Gasteiger charge is -2.21. The van der Waals surface area contributed by atoms with Crippen LogP contribution in [0.2, 0.25) is 0 Å². The first-order chi connectivity index (χ1) is 6.87. The highest BCUT2D eigenvalue weighted by molar-refractivity contribution is 5.76. The molecule has 15 heavy (non-hydrogen) atoms. The zero-order chi connectivity index (χ0) is 11.9. The number of nitrogens with one attached hydrogen (secondary N) is 1. The van der Waals surface area contributed by atoms with Crippen molar-refractivity contribution < 1.29 is 24.5 Å². The fourth-order valence-electron chi connectivity index (χ4n) is 0.960. The van der Waals surface area contributed by atoms with E-state index in [0.717, 1.165) is 0 Å². The Kier molecular flexibility index (Phi) is 5.88. The summed E-state index contributed by atoms with van der Waals surface area (Å²) in [5.74, 6) is -1.38. The molecule has 0 saturated heterocycles. The number of carbonyl (C=O) groups excluding carboxylic acids is 1. The summed E-state index contributed by atoms with van der Waals surface area (Å²) >= 11 is 0. The molecule has 0 fully saturated rings. The molecule has 0 bridgehead atoms. The first-order valence-electron chi connectivity index (χ1n) is 4.57. The number of aliphatic hydroxyl groups is 1. The Labute approximate surface area is 88.2 Å². The first kappa shape index (κ1) is 13.9. The van der Waals surface area contributed by atoms with Gasteiger partial charge < -0.3 is 20.3 Å². The van der Waals surface area contributed by atoms with E-state index >= 15 is 0 Å². The van der Waals surface area contributed by atoms with Crippen molar-refractivity contribution in [2.45, 2.75) is 25.4 Å². The number of methoxy groups -OCH3 is 1. The van der Waals surface area contributed by atoms with Crippen LogP contribution in [0.5, 0.6) is 0 Å². The number of carbonyl (C=O) groups is 2. The van der Waals surface area contributed by atoms with Crippen molar-refractivity contribution in [1.29, 1.82) is 0 Å². The van der Waals surface area contributed by atoms with Gasteiger partial charge in [0, 0.05) is 20.1 Å². The Balaban J connectivity index is 3.82. The molecule has 0 aromatic carbocycles. The first-order valence-corrected chi connectivity index (χ1v) is 4.57. The van der Waals surface area contributed by atoms with Crippen molar-refractivity contribution in [1.82, 2.24) is 5.32 Å². The van der Waals surface area contributed by atoms with E-state index in [1.165, 1.54) is 14.0 Å². The number of ether oxygens (including phenoxy) is 1. The summed E-state index contributed by atoms with van der Waals surface area (Å²) in [6, 6.07) is 0. The summed E-state index contributed by atoms with van der Waals surface area (Å²) in [5, 5.41) is 20.4. The van der Waals surface area contributed by atoms with Gasteiger partial charge in [-0.25, -0.2) is 0 Å². The highest BCUT2D eigenvalue weighted by Crippen LogP contribution is 2.07. The largest absolute Gasteiger partial charge is 0.481 e. The van der Waals surface area contributed by atoms with Gasteiger partial charge in [-0.3, -0.25) is 9.59 Å². The molecule has 0 heterocycles. The van der Waals surface area contributed by atoms with Gasteiger partial charge in [0.1, 0.15) is 0 Å². The maximum Gasteiger partial charge on any atom is 0.306 e. The van der Waals surface area contributed by atoms with Crippen LogP contribution >= 0.6 is 0 Å². The van der Waals surface area contributed by atoms with E-state index in [0.29, 0.717) is 6.61 Å². The Morgan fingerprint density at radius 1 is 1.47 bits per heavy atom. The lowest BCUT2D eigenvalue weighted by atomic mass is 10.0. The number of carboxylic acids is 1. The number of hydrogen-bond acceptors (Lipinski definition) is 4. The Morgan fingerprint density at radius 2 is 2.07 bits per heavy atom. The number of amides is 1. The molecular formula is C9H17NO5. The lowest BCUT2D eigenvalue weighted by molar-refractivity contribution is -0.142. The van der Waals surface area contributed by atoms with Crippen LogP contribution in [0.3, 0.4) is 0 Å².